The molecule has 0 unspecified atom stereocenters. The SMILES string of the molecule is COc1c(-c2cc(N)n[nH]2)cc(Br)cc1C(C)(C)C. The highest BCUT2D eigenvalue weighted by atomic mass is 79.9. The first-order valence-electron chi connectivity index (χ1n) is 6.02. The van der Waals surface area contributed by atoms with Crippen molar-refractivity contribution in [1.82, 2.24) is 10.2 Å². The van der Waals surface area contributed by atoms with Crippen molar-refractivity contribution in [2.45, 2.75) is 26.2 Å². The minimum Gasteiger partial charge on any atom is -0.496 e. The molecule has 1 heterocycles. The number of nitrogen functional groups attached to an aromatic ring is 1. The molecule has 0 saturated heterocycles. The average molecular weight is 324 g/mol. The maximum absolute atomic E-state index is 5.67. The van der Waals surface area contributed by atoms with Crippen LogP contribution in [0, 0.1) is 0 Å². The van der Waals surface area contributed by atoms with Crippen LogP contribution >= 0.6 is 15.9 Å². The number of nitrogens with zero attached hydrogens (tertiary/aromatic N) is 1. The minimum absolute atomic E-state index is 0.0184. The van der Waals surface area contributed by atoms with Gasteiger partial charge in [-0.1, -0.05) is 36.7 Å². The molecular weight excluding hydrogens is 306 g/mol. The van der Waals surface area contributed by atoms with Crippen LogP contribution < -0.4 is 10.5 Å². The summed E-state index contributed by atoms with van der Waals surface area (Å²) in [5.41, 5.74) is 8.59. The normalized spacial score (nSPS) is 11.6. The molecule has 1 aromatic heterocycles. The lowest BCUT2D eigenvalue weighted by Crippen LogP contribution is -2.13. The van der Waals surface area contributed by atoms with Gasteiger partial charge in [0.2, 0.25) is 0 Å². The molecule has 3 N–H and O–H groups in total. The van der Waals surface area contributed by atoms with Crippen molar-refractivity contribution in [1.29, 1.82) is 0 Å². The lowest BCUT2D eigenvalue weighted by Gasteiger charge is -2.24. The van der Waals surface area contributed by atoms with E-state index in [0.717, 1.165) is 27.0 Å². The van der Waals surface area contributed by atoms with Crippen LogP contribution in [0.4, 0.5) is 5.82 Å². The number of methoxy groups -OCH3 is 1. The van der Waals surface area contributed by atoms with Gasteiger partial charge in [-0.3, -0.25) is 5.10 Å². The van der Waals surface area contributed by atoms with Crippen molar-refractivity contribution in [3.63, 3.8) is 0 Å². The Morgan fingerprint density at radius 1 is 1.26 bits per heavy atom. The summed E-state index contributed by atoms with van der Waals surface area (Å²) in [6, 6.07) is 5.89. The molecule has 0 spiro atoms. The number of nitrogens with one attached hydrogen (secondary N) is 1. The molecule has 4 nitrogen and oxygen atoms in total. The number of aromatic nitrogens is 2. The van der Waals surface area contributed by atoms with E-state index in [2.05, 4.69) is 53.0 Å². The highest BCUT2D eigenvalue weighted by Crippen LogP contribution is 2.41. The zero-order valence-corrected chi connectivity index (χ0v) is 13.1. The minimum atomic E-state index is -0.0184. The lowest BCUT2D eigenvalue weighted by molar-refractivity contribution is 0.399. The van der Waals surface area contributed by atoms with E-state index in [1.54, 1.807) is 13.2 Å². The topological polar surface area (TPSA) is 63.9 Å². The fourth-order valence-electron chi connectivity index (χ4n) is 2.05. The van der Waals surface area contributed by atoms with Crippen molar-refractivity contribution in [2.75, 3.05) is 12.8 Å². The van der Waals surface area contributed by atoms with E-state index >= 15 is 0 Å². The summed E-state index contributed by atoms with van der Waals surface area (Å²) in [5, 5.41) is 6.90. The van der Waals surface area contributed by atoms with Gasteiger partial charge in [-0.05, 0) is 17.5 Å². The van der Waals surface area contributed by atoms with E-state index in [-0.39, 0.29) is 5.41 Å². The second-order valence-corrected chi connectivity index (χ2v) is 6.41. The number of nitrogens with two attached hydrogens (primary N) is 1. The van der Waals surface area contributed by atoms with Gasteiger partial charge < -0.3 is 10.5 Å². The average Bonchev–Trinajstić information content (AvgIpc) is 2.73. The van der Waals surface area contributed by atoms with E-state index in [1.165, 1.54) is 0 Å². The van der Waals surface area contributed by atoms with Crippen LogP contribution in [0.5, 0.6) is 5.75 Å². The van der Waals surface area contributed by atoms with E-state index in [9.17, 15) is 0 Å². The predicted octanol–water partition coefficient (Wildman–Crippen LogP) is 3.73. The van der Waals surface area contributed by atoms with Gasteiger partial charge in [-0.15, -0.1) is 0 Å². The van der Waals surface area contributed by atoms with Crippen molar-refractivity contribution in [3.8, 4) is 17.0 Å². The Morgan fingerprint density at radius 2 is 1.95 bits per heavy atom. The standard InChI is InChI=1S/C14H18BrN3O/c1-14(2,3)10-6-8(15)5-9(13(10)19-4)11-7-12(16)18-17-11/h5-7H,1-4H3,(H3,16,17,18). The summed E-state index contributed by atoms with van der Waals surface area (Å²) in [4.78, 5) is 0. The van der Waals surface area contributed by atoms with Crippen LogP contribution in [-0.4, -0.2) is 17.3 Å². The van der Waals surface area contributed by atoms with Gasteiger partial charge in [0.15, 0.2) is 0 Å². The Balaban J connectivity index is 2.70. The van der Waals surface area contributed by atoms with Gasteiger partial charge in [0.05, 0.1) is 12.8 Å². The van der Waals surface area contributed by atoms with Crippen molar-refractivity contribution >= 4 is 21.7 Å². The first-order chi connectivity index (χ1) is 8.82. The molecule has 2 rings (SSSR count). The molecule has 0 fully saturated rings. The monoisotopic (exact) mass is 323 g/mol. The summed E-state index contributed by atoms with van der Waals surface area (Å²) in [6.45, 7) is 6.47. The zero-order valence-electron chi connectivity index (χ0n) is 11.5. The van der Waals surface area contributed by atoms with Crippen LogP contribution in [0.3, 0.4) is 0 Å². The van der Waals surface area contributed by atoms with Crippen LogP contribution in [0.1, 0.15) is 26.3 Å². The quantitative estimate of drug-likeness (QED) is 0.885. The van der Waals surface area contributed by atoms with Crippen LogP contribution in [0.2, 0.25) is 0 Å². The number of rotatable bonds is 2. The second kappa shape index (κ2) is 4.89. The maximum Gasteiger partial charge on any atom is 0.145 e. The highest BCUT2D eigenvalue weighted by Gasteiger charge is 2.23. The summed E-state index contributed by atoms with van der Waals surface area (Å²) in [5.74, 6) is 1.31. The molecule has 102 valence electrons. The Labute approximate surface area is 121 Å². The maximum atomic E-state index is 5.67. The summed E-state index contributed by atoms with van der Waals surface area (Å²) in [6.07, 6.45) is 0. The van der Waals surface area contributed by atoms with Gasteiger partial charge in [0.25, 0.3) is 0 Å². The smallest absolute Gasteiger partial charge is 0.145 e. The fourth-order valence-corrected chi connectivity index (χ4v) is 2.50. The Morgan fingerprint density at radius 3 is 2.42 bits per heavy atom. The third kappa shape index (κ3) is 2.76. The van der Waals surface area contributed by atoms with Gasteiger partial charge in [0.1, 0.15) is 11.6 Å². The van der Waals surface area contributed by atoms with Crippen molar-refractivity contribution in [3.05, 3.63) is 28.2 Å². The number of hydrogen-bond acceptors (Lipinski definition) is 3. The first-order valence-corrected chi connectivity index (χ1v) is 6.81. The molecule has 0 aliphatic rings. The molecule has 0 bridgehead atoms. The molecule has 0 saturated carbocycles. The molecule has 0 aliphatic carbocycles. The van der Waals surface area contributed by atoms with Crippen LogP contribution in [0.15, 0.2) is 22.7 Å². The van der Waals surface area contributed by atoms with Crippen LogP contribution in [0.25, 0.3) is 11.3 Å². The molecular formula is C14H18BrN3O. The van der Waals surface area contributed by atoms with Gasteiger partial charge in [-0.25, -0.2) is 0 Å². The van der Waals surface area contributed by atoms with Crippen molar-refractivity contribution < 1.29 is 4.74 Å². The van der Waals surface area contributed by atoms with Gasteiger partial charge in [-0.2, -0.15) is 5.10 Å². The number of ether oxygens (including phenoxy) is 1. The van der Waals surface area contributed by atoms with E-state index in [0.29, 0.717) is 5.82 Å². The Bertz CT molecular complexity index is 599. The van der Waals surface area contributed by atoms with E-state index < -0.39 is 0 Å². The predicted molar refractivity (Wildman–Crippen MR) is 81.4 cm³/mol. The number of aromatic amines is 1. The molecule has 0 amide bonds. The molecule has 1 aromatic carbocycles. The molecule has 0 atom stereocenters. The third-order valence-corrected chi connectivity index (χ3v) is 3.41. The number of hydrogen-bond donors (Lipinski definition) is 2. The molecule has 2 aromatic rings. The van der Waals surface area contributed by atoms with E-state index in [4.69, 9.17) is 10.5 Å². The lowest BCUT2D eigenvalue weighted by atomic mass is 9.85. The molecule has 5 heteroatoms. The number of halogens is 1. The van der Waals surface area contributed by atoms with Crippen molar-refractivity contribution in [2.24, 2.45) is 0 Å². The second-order valence-electron chi connectivity index (χ2n) is 5.49. The summed E-state index contributed by atoms with van der Waals surface area (Å²) in [7, 11) is 1.68. The van der Waals surface area contributed by atoms with Gasteiger partial charge in [0, 0.05) is 21.7 Å². The largest absolute Gasteiger partial charge is 0.496 e. The third-order valence-electron chi connectivity index (χ3n) is 2.95. The number of benzene rings is 1. The summed E-state index contributed by atoms with van der Waals surface area (Å²) >= 11 is 3.55. The number of H-pyrrole nitrogens is 1. The molecule has 19 heavy (non-hydrogen) atoms. The van der Waals surface area contributed by atoms with Gasteiger partial charge >= 0.3 is 0 Å². The molecule has 0 radical (unpaired) electrons. The first kappa shape index (κ1) is 13.9. The highest BCUT2D eigenvalue weighted by molar-refractivity contribution is 9.10. The Hall–Kier alpha value is -1.49. The fraction of sp³-hybridized carbons (Fsp3) is 0.357. The van der Waals surface area contributed by atoms with E-state index in [1.807, 2.05) is 6.07 Å². The Kier molecular flexibility index (Phi) is 3.58. The number of anilines is 1. The molecule has 0 aliphatic heterocycles. The summed E-state index contributed by atoms with van der Waals surface area (Å²) < 4.78 is 6.61. The zero-order chi connectivity index (χ0) is 14.2. The van der Waals surface area contributed by atoms with Crippen LogP contribution in [-0.2, 0) is 5.41 Å².